The third-order valence-corrected chi connectivity index (χ3v) is 6.29. The molecule has 1 nitrogen and oxygen atoms in total. The lowest BCUT2D eigenvalue weighted by atomic mass is 9.76. The number of rotatable bonds is 4. The normalized spacial score (nSPS) is 34.1. The molecule has 3 unspecified atom stereocenters. The van der Waals surface area contributed by atoms with Crippen LogP contribution in [0.5, 0.6) is 0 Å². The molecule has 3 aliphatic carbocycles. The van der Waals surface area contributed by atoms with Crippen LogP contribution in [0.4, 0.5) is 0 Å². The van der Waals surface area contributed by atoms with E-state index in [-0.39, 0.29) is 0 Å². The van der Waals surface area contributed by atoms with Crippen LogP contribution in [0.25, 0.3) is 0 Å². The fraction of sp³-hybridized carbons (Fsp3) is 0.684. The summed E-state index contributed by atoms with van der Waals surface area (Å²) in [7, 11) is 2.17. The van der Waals surface area contributed by atoms with Gasteiger partial charge in [0.05, 0.1) is 0 Å². The summed E-state index contributed by atoms with van der Waals surface area (Å²) in [5, 5.41) is 3.68. The van der Waals surface area contributed by atoms with Crippen LogP contribution in [-0.4, -0.2) is 7.05 Å². The second kappa shape index (κ2) is 5.18. The third kappa shape index (κ3) is 2.02. The van der Waals surface area contributed by atoms with Gasteiger partial charge in [-0.25, -0.2) is 0 Å². The average Bonchev–Trinajstić information content (AvgIpc) is 3.14. The molecular formula is C19H27N. The molecule has 1 aromatic carbocycles. The van der Waals surface area contributed by atoms with E-state index < -0.39 is 0 Å². The van der Waals surface area contributed by atoms with Crippen molar-refractivity contribution in [3.05, 3.63) is 35.4 Å². The van der Waals surface area contributed by atoms with Crippen LogP contribution in [0.3, 0.4) is 0 Å². The Kier molecular flexibility index (Phi) is 3.34. The van der Waals surface area contributed by atoms with Gasteiger partial charge in [-0.05, 0) is 67.5 Å². The fourth-order valence-corrected chi connectivity index (χ4v) is 4.98. The molecule has 108 valence electrons. The minimum Gasteiger partial charge on any atom is -0.313 e. The molecule has 0 spiro atoms. The Bertz CT molecular complexity index is 464. The van der Waals surface area contributed by atoms with E-state index in [1.807, 2.05) is 0 Å². The van der Waals surface area contributed by atoms with Crippen LogP contribution in [-0.2, 0) is 0 Å². The highest BCUT2D eigenvalue weighted by atomic mass is 14.9. The summed E-state index contributed by atoms with van der Waals surface area (Å²) in [4.78, 5) is 0. The molecule has 1 N–H and O–H groups in total. The zero-order valence-electron chi connectivity index (χ0n) is 12.6. The second-order valence-electron chi connectivity index (χ2n) is 7.21. The van der Waals surface area contributed by atoms with Crippen molar-refractivity contribution < 1.29 is 0 Å². The summed E-state index contributed by atoms with van der Waals surface area (Å²) < 4.78 is 0. The van der Waals surface area contributed by atoms with Gasteiger partial charge in [-0.3, -0.25) is 0 Å². The van der Waals surface area contributed by atoms with Crippen LogP contribution in [0, 0.1) is 17.8 Å². The molecule has 0 heterocycles. The van der Waals surface area contributed by atoms with Gasteiger partial charge in [-0.15, -0.1) is 0 Å². The maximum atomic E-state index is 3.68. The first kappa shape index (κ1) is 12.9. The molecule has 3 fully saturated rings. The Labute approximate surface area is 123 Å². The van der Waals surface area contributed by atoms with Gasteiger partial charge in [-0.2, -0.15) is 0 Å². The molecule has 3 aliphatic rings. The number of hydrogen-bond acceptors (Lipinski definition) is 1. The zero-order valence-corrected chi connectivity index (χ0v) is 12.6. The number of benzene rings is 1. The molecule has 0 amide bonds. The molecule has 20 heavy (non-hydrogen) atoms. The van der Waals surface area contributed by atoms with Gasteiger partial charge in [0.15, 0.2) is 0 Å². The van der Waals surface area contributed by atoms with Crippen molar-refractivity contribution in [2.24, 2.45) is 17.8 Å². The summed E-state index contributed by atoms with van der Waals surface area (Å²) in [6.45, 7) is 0. The topological polar surface area (TPSA) is 12.0 Å². The van der Waals surface area contributed by atoms with Gasteiger partial charge in [0.25, 0.3) is 0 Å². The van der Waals surface area contributed by atoms with Gasteiger partial charge in [-0.1, -0.05) is 43.5 Å². The molecule has 0 aliphatic heterocycles. The Hall–Kier alpha value is -0.820. The monoisotopic (exact) mass is 269 g/mol. The molecule has 3 saturated carbocycles. The Morgan fingerprint density at radius 3 is 2.25 bits per heavy atom. The van der Waals surface area contributed by atoms with Crippen molar-refractivity contribution >= 4 is 0 Å². The number of fused-ring (bicyclic) bond motifs is 1. The molecule has 0 saturated heterocycles. The van der Waals surface area contributed by atoms with Crippen molar-refractivity contribution in [1.29, 1.82) is 0 Å². The van der Waals surface area contributed by atoms with Crippen LogP contribution in [0.2, 0.25) is 0 Å². The summed E-state index contributed by atoms with van der Waals surface area (Å²) >= 11 is 0. The minimum absolute atomic E-state index is 0.611. The van der Waals surface area contributed by atoms with Crippen LogP contribution < -0.4 is 5.32 Å². The van der Waals surface area contributed by atoms with Crippen molar-refractivity contribution in [2.75, 3.05) is 7.05 Å². The van der Waals surface area contributed by atoms with Gasteiger partial charge in [0, 0.05) is 6.04 Å². The Balaban J connectivity index is 1.61. The smallest absolute Gasteiger partial charge is 0.0354 e. The van der Waals surface area contributed by atoms with E-state index in [2.05, 4.69) is 36.6 Å². The standard InChI is InChI=1S/C19H27N/c1-20-19(18-15-10-3-4-11-16(15)18)17-12-5-2-9-14(17)13-7-6-8-13/h2,5,9,12-13,15-16,18-20H,3-4,6-8,10-11H2,1H3. The van der Waals surface area contributed by atoms with Gasteiger partial charge >= 0.3 is 0 Å². The van der Waals surface area contributed by atoms with E-state index in [9.17, 15) is 0 Å². The summed E-state index contributed by atoms with van der Waals surface area (Å²) in [6.07, 6.45) is 10.2. The summed E-state index contributed by atoms with van der Waals surface area (Å²) in [6, 6.07) is 9.90. The highest BCUT2D eigenvalue weighted by Gasteiger charge is 2.54. The van der Waals surface area contributed by atoms with Crippen LogP contribution in [0.15, 0.2) is 24.3 Å². The van der Waals surface area contributed by atoms with Gasteiger partial charge < -0.3 is 5.32 Å². The Morgan fingerprint density at radius 2 is 1.65 bits per heavy atom. The number of nitrogens with one attached hydrogen (secondary N) is 1. The molecule has 3 atom stereocenters. The summed E-state index contributed by atoms with van der Waals surface area (Å²) in [5.41, 5.74) is 3.28. The van der Waals surface area contributed by atoms with E-state index in [0.717, 1.165) is 23.7 Å². The molecule has 0 bridgehead atoms. The molecule has 0 aromatic heterocycles. The largest absolute Gasteiger partial charge is 0.313 e. The second-order valence-corrected chi connectivity index (χ2v) is 7.21. The predicted molar refractivity (Wildman–Crippen MR) is 83.8 cm³/mol. The van der Waals surface area contributed by atoms with E-state index in [4.69, 9.17) is 0 Å². The van der Waals surface area contributed by atoms with Crippen LogP contribution in [0.1, 0.15) is 68.0 Å². The SMILES string of the molecule is CNC(c1ccccc1C1CCC1)C1C2CCCCC21. The minimum atomic E-state index is 0.611. The fourth-order valence-electron chi connectivity index (χ4n) is 4.98. The van der Waals surface area contributed by atoms with E-state index in [0.29, 0.717) is 6.04 Å². The summed E-state index contributed by atoms with van der Waals surface area (Å²) in [5.74, 6) is 3.82. The van der Waals surface area contributed by atoms with Gasteiger partial charge in [0.1, 0.15) is 0 Å². The zero-order chi connectivity index (χ0) is 13.5. The van der Waals surface area contributed by atoms with Crippen molar-refractivity contribution in [1.82, 2.24) is 5.32 Å². The molecular weight excluding hydrogens is 242 g/mol. The average molecular weight is 269 g/mol. The predicted octanol–water partition coefficient (Wildman–Crippen LogP) is 4.65. The maximum absolute atomic E-state index is 3.68. The lowest BCUT2D eigenvalue weighted by Gasteiger charge is -2.30. The highest BCUT2D eigenvalue weighted by Crippen LogP contribution is 2.61. The molecule has 0 radical (unpaired) electrons. The highest BCUT2D eigenvalue weighted by molar-refractivity contribution is 5.36. The first-order valence-corrected chi connectivity index (χ1v) is 8.66. The quantitative estimate of drug-likeness (QED) is 0.839. The first-order valence-electron chi connectivity index (χ1n) is 8.66. The first-order chi connectivity index (χ1) is 9.90. The lowest BCUT2D eigenvalue weighted by molar-refractivity contribution is 0.405. The van der Waals surface area contributed by atoms with E-state index in [1.165, 1.54) is 44.9 Å². The maximum Gasteiger partial charge on any atom is 0.0354 e. The van der Waals surface area contributed by atoms with Gasteiger partial charge in [0.2, 0.25) is 0 Å². The number of hydrogen-bond donors (Lipinski definition) is 1. The molecule has 1 heteroatoms. The Morgan fingerprint density at radius 1 is 0.950 bits per heavy atom. The van der Waals surface area contributed by atoms with E-state index in [1.54, 1.807) is 11.1 Å². The van der Waals surface area contributed by atoms with Crippen molar-refractivity contribution in [3.63, 3.8) is 0 Å². The molecule has 1 aromatic rings. The third-order valence-electron chi connectivity index (χ3n) is 6.29. The van der Waals surface area contributed by atoms with E-state index >= 15 is 0 Å². The molecule has 4 rings (SSSR count). The van der Waals surface area contributed by atoms with Crippen LogP contribution >= 0.6 is 0 Å². The van der Waals surface area contributed by atoms with Crippen molar-refractivity contribution in [3.8, 4) is 0 Å². The lowest BCUT2D eigenvalue weighted by Crippen LogP contribution is -2.23. The van der Waals surface area contributed by atoms with Crippen molar-refractivity contribution in [2.45, 2.75) is 56.9 Å².